The molecule has 8 nitrogen and oxygen atoms in total. The van der Waals surface area contributed by atoms with Gasteiger partial charge in [0.25, 0.3) is 0 Å². The molecule has 1 saturated carbocycles. The van der Waals surface area contributed by atoms with E-state index in [1.807, 2.05) is 24.3 Å². The predicted octanol–water partition coefficient (Wildman–Crippen LogP) is 3.37. The Balaban J connectivity index is 1.55. The van der Waals surface area contributed by atoms with Gasteiger partial charge in [-0.2, -0.15) is 0 Å². The first-order chi connectivity index (χ1) is 15.6. The van der Waals surface area contributed by atoms with Gasteiger partial charge in [0.15, 0.2) is 0 Å². The fraction of sp³-hybridized carbons (Fsp3) is 0.375. The maximum Gasteiger partial charge on any atom is 0.322 e. The van der Waals surface area contributed by atoms with E-state index in [-0.39, 0.29) is 36.3 Å². The highest BCUT2D eigenvalue weighted by Crippen LogP contribution is 2.31. The second kappa shape index (κ2) is 9.72. The molecule has 2 aromatic rings. The fourth-order valence-electron chi connectivity index (χ4n) is 4.57. The van der Waals surface area contributed by atoms with Gasteiger partial charge in [0, 0.05) is 11.7 Å². The molecule has 0 spiro atoms. The lowest BCUT2D eigenvalue weighted by Crippen LogP contribution is -2.68. The molecule has 1 aliphatic carbocycles. The zero-order valence-electron chi connectivity index (χ0n) is 18.0. The summed E-state index contributed by atoms with van der Waals surface area (Å²) in [4.78, 5) is 40.7. The van der Waals surface area contributed by atoms with Crippen LogP contribution in [0, 0.1) is 0 Å². The number of nitrogens with one attached hydrogen (secondary N) is 3. The summed E-state index contributed by atoms with van der Waals surface area (Å²) >= 11 is 0. The summed E-state index contributed by atoms with van der Waals surface area (Å²) in [5, 5.41) is 8.74. The van der Waals surface area contributed by atoms with Crippen molar-refractivity contribution in [1.29, 1.82) is 0 Å². The molecule has 3 atom stereocenters. The minimum absolute atomic E-state index is 0.0914. The van der Waals surface area contributed by atoms with Crippen LogP contribution in [0.15, 0.2) is 54.6 Å². The standard InChI is InChI=1S/C24H28N4O4/c1-32-21-14-8-6-12-18(21)26-22(29)15-20-23(30)27-17-11-5-7-13-19(17)28(20)24(31)25-16-9-3-2-4-10-16/h2-4,6,8-10,12,14,17,19-20H,5,7,11,13,15H2,1H3,(H,25,31)(H,26,29)(H,27,30)/t17-,19-,20-/m1/s1. The Bertz CT molecular complexity index is 981. The Morgan fingerprint density at radius 1 is 1.03 bits per heavy atom. The summed E-state index contributed by atoms with van der Waals surface area (Å²) in [6, 6.07) is 14.7. The van der Waals surface area contributed by atoms with Crippen molar-refractivity contribution in [3.05, 3.63) is 54.6 Å². The van der Waals surface area contributed by atoms with Gasteiger partial charge in [-0.25, -0.2) is 4.79 Å². The number of benzene rings is 2. The molecule has 0 radical (unpaired) electrons. The van der Waals surface area contributed by atoms with Crippen molar-refractivity contribution in [2.24, 2.45) is 0 Å². The summed E-state index contributed by atoms with van der Waals surface area (Å²) < 4.78 is 5.29. The Hall–Kier alpha value is -3.55. The molecule has 3 N–H and O–H groups in total. The van der Waals surface area contributed by atoms with Crippen molar-refractivity contribution in [1.82, 2.24) is 10.2 Å². The fourth-order valence-corrected chi connectivity index (χ4v) is 4.57. The van der Waals surface area contributed by atoms with Gasteiger partial charge in [-0.1, -0.05) is 43.2 Å². The maximum absolute atomic E-state index is 13.3. The van der Waals surface area contributed by atoms with Crippen molar-refractivity contribution in [3.8, 4) is 5.75 Å². The van der Waals surface area contributed by atoms with Crippen LogP contribution in [0.1, 0.15) is 32.1 Å². The molecule has 4 amide bonds. The summed E-state index contributed by atoms with van der Waals surface area (Å²) in [5.41, 5.74) is 1.17. The van der Waals surface area contributed by atoms with E-state index in [9.17, 15) is 14.4 Å². The smallest absolute Gasteiger partial charge is 0.322 e. The monoisotopic (exact) mass is 436 g/mol. The lowest BCUT2D eigenvalue weighted by molar-refractivity contribution is -0.135. The van der Waals surface area contributed by atoms with Crippen molar-refractivity contribution >= 4 is 29.2 Å². The number of methoxy groups -OCH3 is 1. The number of hydrogen-bond donors (Lipinski definition) is 3. The summed E-state index contributed by atoms with van der Waals surface area (Å²) in [6.07, 6.45) is 3.46. The van der Waals surface area contributed by atoms with Gasteiger partial charge in [-0.3, -0.25) is 9.59 Å². The van der Waals surface area contributed by atoms with Crippen molar-refractivity contribution < 1.29 is 19.1 Å². The van der Waals surface area contributed by atoms with Crippen LogP contribution in [0.2, 0.25) is 0 Å². The van der Waals surface area contributed by atoms with Gasteiger partial charge in [0.1, 0.15) is 11.8 Å². The highest BCUT2D eigenvalue weighted by molar-refractivity contribution is 6.00. The molecule has 0 bridgehead atoms. The number of nitrogens with zero attached hydrogens (tertiary/aromatic N) is 1. The topological polar surface area (TPSA) is 99.8 Å². The van der Waals surface area contributed by atoms with Crippen LogP contribution in [-0.2, 0) is 9.59 Å². The number of piperazine rings is 1. The number of amides is 4. The number of anilines is 2. The first-order valence-electron chi connectivity index (χ1n) is 10.9. The lowest BCUT2D eigenvalue weighted by atomic mass is 9.85. The predicted molar refractivity (Wildman–Crippen MR) is 122 cm³/mol. The van der Waals surface area contributed by atoms with E-state index < -0.39 is 6.04 Å². The molecule has 4 rings (SSSR count). The zero-order valence-corrected chi connectivity index (χ0v) is 18.0. The number of para-hydroxylation sites is 3. The van der Waals surface area contributed by atoms with Crippen molar-refractivity contribution in [2.75, 3.05) is 17.7 Å². The lowest BCUT2D eigenvalue weighted by Gasteiger charge is -2.47. The summed E-state index contributed by atoms with van der Waals surface area (Å²) in [5.74, 6) is -0.132. The molecular weight excluding hydrogens is 408 g/mol. The van der Waals surface area contributed by atoms with Gasteiger partial charge >= 0.3 is 6.03 Å². The molecule has 0 aromatic heterocycles. The third-order valence-electron chi connectivity index (χ3n) is 6.07. The van der Waals surface area contributed by atoms with Crippen molar-refractivity contribution in [3.63, 3.8) is 0 Å². The normalized spacial score (nSPS) is 22.3. The molecule has 1 saturated heterocycles. The Morgan fingerprint density at radius 3 is 2.53 bits per heavy atom. The number of rotatable bonds is 5. The number of urea groups is 1. The van der Waals surface area contributed by atoms with Gasteiger partial charge in [-0.05, 0) is 37.1 Å². The third kappa shape index (κ3) is 4.69. The first-order valence-corrected chi connectivity index (χ1v) is 10.9. The van der Waals surface area contributed by atoms with Gasteiger partial charge in [-0.15, -0.1) is 0 Å². The quantitative estimate of drug-likeness (QED) is 0.669. The molecule has 1 heterocycles. The number of carbonyl (C=O) groups is 3. The highest BCUT2D eigenvalue weighted by Gasteiger charge is 2.46. The van der Waals surface area contributed by atoms with E-state index in [0.29, 0.717) is 17.1 Å². The second-order valence-corrected chi connectivity index (χ2v) is 8.14. The third-order valence-corrected chi connectivity index (χ3v) is 6.07. The maximum atomic E-state index is 13.3. The number of fused-ring (bicyclic) bond motifs is 1. The van der Waals surface area contributed by atoms with Crippen LogP contribution in [0.3, 0.4) is 0 Å². The SMILES string of the molecule is COc1ccccc1NC(=O)C[C@@H]1C(=O)N[C@@H]2CCCC[C@H]2N1C(=O)Nc1ccccc1. The van der Waals surface area contributed by atoms with E-state index >= 15 is 0 Å². The van der Waals surface area contributed by atoms with E-state index in [1.165, 1.54) is 7.11 Å². The minimum atomic E-state index is -0.896. The van der Waals surface area contributed by atoms with Crippen molar-refractivity contribution in [2.45, 2.75) is 50.2 Å². The Kier molecular flexibility index (Phi) is 6.58. The molecule has 8 heteroatoms. The molecule has 1 aliphatic heterocycles. The van der Waals surface area contributed by atoms with E-state index in [1.54, 1.807) is 35.2 Å². The molecule has 32 heavy (non-hydrogen) atoms. The van der Waals surface area contributed by atoms with E-state index in [0.717, 1.165) is 25.7 Å². The number of ether oxygens (including phenoxy) is 1. The average molecular weight is 437 g/mol. The molecule has 2 fully saturated rings. The number of carbonyl (C=O) groups excluding carboxylic acids is 3. The molecular formula is C24H28N4O4. The zero-order chi connectivity index (χ0) is 22.5. The summed E-state index contributed by atoms with van der Waals surface area (Å²) in [7, 11) is 1.53. The van der Waals surface area contributed by atoms with Crippen LogP contribution in [0.25, 0.3) is 0 Å². The molecule has 0 unspecified atom stereocenters. The first kappa shape index (κ1) is 21.7. The van der Waals surface area contributed by atoms with E-state index in [2.05, 4.69) is 16.0 Å². The largest absolute Gasteiger partial charge is 0.495 e. The molecule has 2 aliphatic rings. The van der Waals surface area contributed by atoms with Gasteiger partial charge in [0.05, 0.1) is 25.3 Å². The van der Waals surface area contributed by atoms with Gasteiger partial charge in [0.2, 0.25) is 11.8 Å². The van der Waals surface area contributed by atoms with Crippen LogP contribution < -0.4 is 20.7 Å². The van der Waals surface area contributed by atoms with Crippen LogP contribution in [0.4, 0.5) is 16.2 Å². The summed E-state index contributed by atoms with van der Waals surface area (Å²) in [6.45, 7) is 0. The Morgan fingerprint density at radius 2 is 1.75 bits per heavy atom. The van der Waals surface area contributed by atoms with Crippen LogP contribution >= 0.6 is 0 Å². The van der Waals surface area contributed by atoms with Gasteiger partial charge < -0.3 is 25.6 Å². The minimum Gasteiger partial charge on any atom is -0.495 e. The number of hydrogen-bond acceptors (Lipinski definition) is 4. The van der Waals surface area contributed by atoms with Crippen LogP contribution in [0.5, 0.6) is 5.75 Å². The molecule has 2 aromatic carbocycles. The Labute approximate surface area is 187 Å². The highest BCUT2D eigenvalue weighted by atomic mass is 16.5. The molecule has 168 valence electrons. The second-order valence-electron chi connectivity index (χ2n) is 8.14. The van der Waals surface area contributed by atoms with Crippen LogP contribution in [-0.4, -0.2) is 48.0 Å². The average Bonchev–Trinajstić information content (AvgIpc) is 2.80. The van der Waals surface area contributed by atoms with E-state index in [4.69, 9.17) is 4.74 Å².